The fourth-order valence-electron chi connectivity index (χ4n) is 5.29. The minimum Gasteiger partial charge on any atom is -0.493 e. The van der Waals surface area contributed by atoms with Gasteiger partial charge in [0.1, 0.15) is 6.61 Å². The molecule has 3 aromatic carbocycles. The van der Waals surface area contributed by atoms with Gasteiger partial charge in [-0.3, -0.25) is 9.88 Å². The first kappa shape index (κ1) is 29.8. The summed E-state index contributed by atoms with van der Waals surface area (Å²) in [7, 11) is -0.457. The van der Waals surface area contributed by atoms with Crippen LogP contribution in [-0.4, -0.2) is 47.4 Å². The number of anilines is 1. The van der Waals surface area contributed by atoms with Crippen LogP contribution in [0, 0.1) is 6.92 Å². The number of likely N-dealkylation sites (tertiary alicyclic amines) is 1. The number of methoxy groups -OCH3 is 1. The zero-order valence-corrected chi connectivity index (χ0v) is 24.5. The average molecular weight is 598 g/mol. The highest BCUT2D eigenvalue weighted by molar-refractivity contribution is 7.86. The number of benzene rings is 3. The molecule has 0 bridgehead atoms. The summed E-state index contributed by atoms with van der Waals surface area (Å²) >= 11 is 0. The molecule has 222 valence electrons. The number of nitrogens with one attached hydrogen (secondary N) is 1. The standard InChI is InChI=1S/C32H34F3N3O3S/c1-22-18-23(10-11-27(22)37-42(39)31-9-5-4-8-26(31)32(33,34)35)19-24-12-13-36-28-21-30(29(40-2)20-25(24)28)41-17-16-38-14-6-3-7-15-38/h4-5,8-13,18,20-21,37H,3,6-7,14-17,19H2,1-2H3. The molecule has 1 unspecified atom stereocenters. The molecule has 0 radical (unpaired) electrons. The van der Waals surface area contributed by atoms with E-state index in [1.54, 1.807) is 19.4 Å². The van der Waals surface area contributed by atoms with Crippen LogP contribution in [0.25, 0.3) is 10.9 Å². The van der Waals surface area contributed by atoms with Crippen LogP contribution in [-0.2, 0) is 23.6 Å². The van der Waals surface area contributed by atoms with Gasteiger partial charge < -0.3 is 14.2 Å². The molecule has 0 aliphatic carbocycles. The third-order valence-corrected chi connectivity index (χ3v) is 8.67. The van der Waals surface area contributed by atoms with Gasteiger partial charge in [-0.2, -0.15) is 13.2 Å². The maximum Gasteiger partial charge on any atom is 0.417 e. The summed E-state index contributed by atoms with van der Waals surface area (Å²) in [5, 5.41) is 0.947. The third-order valence-electron chi connectivity index (χ3n) is 7.51. The SMILES string of the molecule is COc1cc2c(Cc3ccc(NS(=O)c4ccccc4C(F)(F)F)c(C)c3)ccnc2cc1OCCN1CCCCC1. The molecule has 0 spiro atoms. The zero-order valence-electron chi connectivity index (χ0n) is 23.7. The summed E-state index contributed by atoms with van der Waals surface area (Å²) in [6, 6.07) is 16.3. The van der Waals surface area contributed by atoms with Crippen molar-refractivity contribution in [3.63, 3.8) is 0 Å². The first-order valence-electron chi connectivity index (χ1n) is 14.0. The van der Waals surface area contributed by atoms with Gasteiger partial charge in [-0.05, 0) is 86.3 Å². The Bertz CT molecular complexity index is 1570. The Balaban J connectivity index is 1.31. The minimum atomic E-state index is -4.59. The molecule has 0 amide bonds. The predicted octanol–water partition coefficient (Wildman–Crippen LogP) is 7.16. The fourth-order valence-corrected chi connectivity index (χ4v) is 6.42. The molecule has 1 aliphatic rings. The fraction of sp³-hybridized carbons (Fsp3) is 0.344. The van der Waals surface area contributed by atoms with E-state index in [4.69, 9.17) is 9.47 Å². The van der Waals surface area contributed by atoms with Crippen LogP contribution in [0.2, 0.25) is 0 Å². The van der Waals surface area contributed by atoms with Crippen molar-refractivity contribution < 1.29 is 26.9 Å². The van der Waals surface area contributed by atoms with Crippen LogP contribution in [0.4, 0.5) is 18.9 Å². The summed E-state index contributed by atoms with van der Waals surface area (Å²) in [6.07, 6.45) is 1.54. The van der Waals surface area contributed by atoms with Crippen molar-refractivity contribution >= 4 is 27.6 Å². The quantitative estimate of drug-likeness (QED) is 0.210. The number of piperidine rings is 1. The van der Waals surface area contributed by atoms with E-state index in [0.717, 1.165) is 53.3 Å². The smallest absolute Gasteiger partial charge is 0.417 e. The number of hydrogen-bond acceptors (Lipinski definition) is 5. The number of rotatable bonds is 10. The third kappa shape index (κ3) is 7.04. The second kappa shape index (κ2) is 13.1. The molecule has 1 N–H and O–H groups in total. The number of pyridine rings is 1. The summed E-state index contributed by atoms with van der Waals surface area (Å²) in [4.78, 5) is 6.69. The Morgan fingerprint density at radius 3 is 2.52 bits per heavy atom. The number of alkyl halides is 3. The summed E-state index contributed by atoms with van der Waals surface area (Å²) in [5.74, 6) is 1.31. The topological polar surface area (TPSA) is 63.7 Å². The summed E-state index contributed by atoms with van der Waals surface area (Å²) < 4.78 is 67.6. The van der Waals surface area contributed by atoms with Gasteiger partial charge in [0.05, 0.1) is 23.1 Å². The van der Waals surface area contributed by atoms with Crippen LogP contribution < -0.4 is 14.2 Å². The number of halogens is 3. The van der Waals surface area contributed by atoms with Crippen LogP contribution >= 0.6 is 0 Å². The van der Waals surface area contributed by atoms with Gasteiger partial charge >= 0.3 is 6.18 Å². The Labute approximate surface area is 246 Å². The van der Waals surface area contributed by atoms with Crippen molar-refractivity contribution in [2.75, 3.05) is 38.1 Å². The van der Waals surface area contributed by atoms with Gasteiger partial charge in [0.15, 0.2) is 22.5 Å². The minimum absolute atomic E-state index is 0.305. The molecule has 10 heteroatoms. The van der Waals surface area contributed by atoms with E-state index in [1.807, 2.05) is 37.3 Å². The molecule has 42 heavy (non-hydrogen) atoms. The average Bonchev–Trinajstić information content (AvgIpc) is 2.98. The summed E-state index contributed by atoms with van der Waals surface area (Å²) in [5.41, 5.74) is 3.19. The Hall–Kier alpha value is -3.63. The lowest BCUT2D eigenvalue weighted by Crippen LogP contribution is -2.33. The molecule has 1 fully saturated rings. The predicted molar refractivity (Wildman–Crippen MR) is 160 cm³/mol. The number of nitrogens with zero attached hydrogens (tertiary/aromatic N) is 2. The van der Waals surface area contributed by atoms with E-state index in [9.17, 15) is 17.4 Å². The van der Waals surface area contributed by atoms with Crippen LogP contribution in [0.1, 0.15) is 41.5 Å². The second-order valence-electron chi connectivity index (χ2n) is 10.4. The van der Waals surface area contributed by atoms with E-state index in [2.05, 4.69) is 14.6 Å². The highest BCUT2D eigenvalue weighted by atomic mass is 32.2. The van der Waals surface area contributed by atoms with Crippen molar-refractivity contribution in [3.8, 4) is 11.5 Å². The van der Waals surface area contributed by atoms with E-state index in [-0.39, 0.29) is 4.90 Å². The molecular weight excluding hydrogens is 563 g/mol. The van der Waals surface area contributed by atoms with Crippen molar-refractivity contribution in [2.24, 2.45) is 0 Å². The van der Waals surface area contributed by atoms with Gasteiger partial charge in [-0.1, -0.05) is 30.7 Å². The van der Waals surface area contributed by atoms with Crippen molar-refractivity contribution in [2.45, 2.75) is 43.7 Å². The van der Waals surface area contributed by atoms with Gasteiger partial charge in [0, 0.05) is 29.9 Å². The lowest BCUT2D eigenvalue weighted by Gasteiger charge is -2.26. The Kier molecular flexibility index (Phi) is 9.33. The van der Waals surface area contributed by atoms with Crippen LogP contribution in [0.15, 0.2) is 71.8 Å². The van der Waals surface area contributed by atoms with E-state index >= 15 is 0 Å². The number of hydrogen-bond donors (Lipinski definition) is 1. The van der Waals surface area contributed by atoms with Crippen molar-refractivity contribution in [3.05, 3.63) is 89.1 Å². The molecule has 4 aromatic rings. The van der Waals surface area contributed by atoms with E-state index < -0.39 is 22.7 Å². The highest BCUT2D eigenvalue weighted by Gasteiger charge is 2.34. The second-order valence-corrected chi connectivity index (χ2v) is 11.6. The highest BCUT2D eigenvalue weighted by Crippen LogP contribution is 2.35. The molecule has 1 aromatic heterocycles. The molecule has 5 rings (SSSR count). The normalized spacial score (nSPS) is 15.0. The lowest BCUT2D eigenvalue weighted by molar-refractivity contribution is -0.139. The molecule has 1 atom stereocenters. The molecule has 6 nitrogen and oxygen atoms in total. The molecular formula is C32H34F3N3O3S. The largest absolute Gasteiger partial charge is 0.493 e. The summed E-state index contributed by atoms with van der Waals surface area (Å²) in [6.45, 7) is 5.52. The first-order chi connectivity index (χ1) is 20.2. The molecule has 2 heterocycles. The maximum atomic E-state index is 13.4. The lowest BCUT2D eigenvalue weighted by atomic mass is 9.99. The van der Waals surface area contributed by atoms with Crippen LogP contribution in [0.5, 0.6) is 11.5 Å². The molecule has 1 aliphatic heterocycles. The first-order valence-corrected chi connectivity index (χ1v) is 15.1. The number of aromatic nitrogens is 1. The van der Waals surface area contributed by atoms with Gasteiger partial charge in [-0.25, -0.2) is 4.21 Å². The molecule has 0 saturated carbocycles. The van der Waals surface area contributed by atoms with Gasteiger partial charge in [-0.15, -0.1) is 0 Å². The van der Waals surface area contributed by atoms with Gasteiger partial charge in [0.25, 0.3) is 0 Å². The monoisotopic (exact) mass is 597 g/mol. The van der Waals surface area contributed by atoms with Crippen molar-refractivity contribution in [1.29, 1.82) is 0 Å². The van der Waals surface area contributed by atoms with E-state index in [0.29, 0.717) is 30.2 Å². The Morgan fingerprint density at radius 1 is 1.00 bits per heavy atom. The number of fused-ring (bicyclic) bond motifs is 1. The van der Waals surface area contributed by atoms with Gasteiger partial charge in [0.2, 0.25) is 0 Å². The number of aryl methyl sites for hydroxylation is 1. The molecule has 1 saturated heterocycles. The van der Waals surface area contributed by atoms with Crippen LogP contribution in [0.3, 0.4) is 0 Å². The maximum absolute atomic E-state index is 13.4. The Morgan fingerprint density at radius 2 is 1.79 bits per heavy atom. The zero-order chi connectivity index (χ0) is 29.7. The number of ether oxygens (including phenoxy) is 2. The van der Waals surface area contributed by atoms with Crippen molar-refractivity contribution in [1.82, 2.24) is 9.88 Å². The van der Waals surface area contributed by atoms with E-state index in [1.165, 1.54) is 37.5 Å².